The maximum Gasteiger partial charge on any atom is 0.132 e. The highest BCUT2D eigenvalue weighted by atomic mass is 15.3. The molecule has 1 heteroatoms. The number of quaternary nitrogens is 1. The van der Waals surface area contributed by atoms with Crippen molar-refractivity contribution in [2.45, 2.75) is 31.1 Å². The van der Waals surface area contributed by atoms with Crippen molar-refractivity contribution >= 4 is 5.69 Å². The van der Waals surface area contributed by atoms with E-state index in [0.717, 1.165) is 34.1 Å². The lowest BCUT2D eigenvalue weighted by molar-refractivity contribution is 0.101. The Morgan fingerprint density at radius 3 is 1.96 bits per heavy atom. The number of allylic oxidation sites excluding steroid dienone is 2. The number of benzene rings is 1. The Kier molecular flexibility index (Phi) is 2.56. The third kappa shape index (κ3) is 1.62. The molecule has 1 nitrogen and oxygen atoms in total. The van der Waals surface area contributed by atoms with Gasteiger partial charge in [0.05, 0.1) is 21.1 Å². The number of nitrogens with zero attached hydrogens (tertiary/aromatic N) is 1. The van der Waals surface area contributed by atoms with Crippen LogP contribution in [0.5, 0.6) is 0 Å². The van der Waals surface area contributed by atoms with Gasteiger partial charge < -0.3 is 0 Å². The van der Waals surface area contributed by atoms with Crippen LogP contribution in [-0.2, 0) is 0 Å². The summed E-state index contributed by atoms with van der Waals surface area (Å²) < 4.78 is 0.911. The van der Waals surface area contributed by atoms with Crippen molar-refractivity contribution in [1.29, 1.82) is 0 Å². The minimum Gasteiger partial charge on any atom is -0.298 e. The predicted octanol–water partition coefficient (Wildman–Crippen LogP) is 4.85. The van der Waals surface area contributed by atoms with E-state index in [1.807, 2.05) is 0 Å². The van der Waals surface area contributed by atoms with E-state index >= 15 is 0 Å². The molecule has 1 aromatic carbocycles. The minimum atomic E-state index is 0.716. The maximum absolute atomic E-state index is 4.43. The van der Waals surface area contributed by atoms with Crippen LogP contribution in [0.2, 0.25) is 0 Å². The number of fused-ring (bicyclic) bond motifs is 7. The molecule has 1 aromatic rings. The molecule has 0 amide bonds. The summed E-state index contributed by atoms with van der Waals surface area (Å²) in [6.07, 6.45) is 4.11. The van der Waals surface area contributed by atoms with Gasteiger partial charge in [-0.05, 0) is 83.1 Å². The Bertz CT molecular complexity index is 735. The first kappa shape index (κ1) is 14.0. The fourth-order valence-electron chi connectivity index (χ4n) is 6.56. The topological polar surface area (TPSA) is 0 Å². The van der Waals surface area contributed by atoms with Crippen LogP contribution in [0.25, 0.3) is 0 Å². The molecule has 4 fully saturated rings. The molecule has 0 spiro atoms. The molecule has 120 valence electrons. The normalized spacial score (nSPS) is 40.5. The van der Waals surface area contributed by atoms with E-state index in [0.29, 0.717) is 5.92 Å². The SMILES string of the molecule is C=C1C(=C)[C@@H]2CC[C@H]1[C@@H]1[C@H]2[C@@H]2C[C@H]1c1cc([N+](C)(C)C)ccc12. The second kappa shape index (κ2) is 4.19. The molecule has 5 aliphatic carbocycles. The summed E-state index contributed by atoms with van der Waals surface area (Å²) in [5.41, 5.74) is 7.59. The van der Waals surface area contributed by atoms with Crippen LogP contribution < -0.4 is 4.48 Å². The molecule has 4 saturated carbocycles. The number of rotatable bonds is 1. The smallest absolute Gasteiger partial charge is 0.132 e. The van der Waals surface area contributed by atoms with E-state index in [1.54, 1.807) is 11.1 Å². The molecule has 23 heavy (non-hydrogen) atoms. The van der Waals surface area contributed by atoms with E-state index in [2.05, 4.69) is 52.5 Å². The van der Waals surface area contributed by atoms with Crippen LogP contribution in [0.4, 0.5) is 5.69 Å². The maximum atomic E-state index is 4.43. The first-order valence-corrected chi connectivity index (χ1v) is 9.21. The van der Waals surface area contributed by atoms with Gasteiger partial charge in [0, 0.05) is 6.07 Å². The molecule has 0 aromatic heterocycles. The van der Waals surface area contributed by atoms with E-state index in [9.17, 15) is 0 Å². The molecule has 0 radical (unpaired) electrons. The third-order valence-electron chi connectivity index (χ3n) is 7.55. The van der Waals surface area contributed by atoms with Crippen LogP contribution in [-0.4, -0.2) is 21.1 Å². The van der Waals surface area contributed by atoms with Crippen LogP contribution in [0.3, 0.4) is 0 Å². The van der Waals surface area contributed by atoms with Gasteiger partial charge in [0.25, 0.3) is 0 Å². The van der Waals surface area contributed by atoms with E-state index < -0.39 is 0 Å². The lowest BCUT2D eigenvalue weighted by Gasteiger charge is -2.53. The summed E-state index contributed by atoms with van der Waals surface area (Å²) in [5, 5.41) is 0. The second-order valence-electron chi connectivity index (χ2n) is 9.27. The van der Waals surface area contributed by atoms with Crippen molar-refractivity contribution in [3.63, 3.8) is 0 Å². The molecule has 6 rings (SSSR count). The van der Waals surface area contributed by atoms with Crippen molar-refractivity contribution in [3.05, 3.63) is 53.6 Å². The number of hydrogen-bond acceptors (Lipinski definition) is 0. The summed E-state index contributed by atoms with van der Waals surface area (Å²) >= 11 is 0. The number of hydrogen-bond donors (Lipinski definition) is 0. The van der Waals surface area contributed by atoms with Crippen molar-refractivity contribution in [2.24, 2.45) is 23.7 Å². The summed E-state index contributed by atoms with van der Waals surface area (Å²) in [5.74, 6) is 4.72. The average Bonchev–Trinajstić information content (AvgIpc) is 3.08. The molecule has 0 saturated heterocycles. The highest BCUT2D eigenvalue weighted by Gasteiger charge is 2.60. The lowest BCUT2D eigenvalue weighted by atomic mass is 9.51. The van der Waals surface area contributed by atoms with Gasteiger partial charge in [-0.3, -0.25) is 4.48 Å². The van der Waals surface area contributed by atoms with Crippen molar-refractivity contribution in [2.75, 3.05) is 21.1 Å². The Hall–Kier alpha value is -1.34. The van der Waals surface area contributed by atoms with E-state index in [1.165, 1.54) is 36.1 Å². The average molecular weight is 306 g/mol. The standard InChI is InChI=1S/C22H28N/c1-12-13(2)16-9-8-15(12)21-19-11-20(22(16)21)18-10-14(23(3,4)5)6-7-17(18)19/h6-7,10,15-16,19-22H,1-2,8-9,11H2,3-5H3/q+1/t15-,16+,19+,20-,21+,22-/m0/s1. The van der Waals surface area contributed by atoms with Crippen molar-refractivity contribution < 1.29 is 0 Å². The van der Waals surface area contributed by atoms with Gasteiger partial charge in [0.1, 0.15) is 5.69 Å². The van der Waals surface area contributed by atoms with Crippen LogP contribution in [0.1, 0.15) is 42.2 Å². The first-order chi connectivity index (χ1) is 10.9. The first-order valence-electron chi connectivity index (χ1n) is 9.21. The lowest BCUT2D eigenvalue weighted by Crippen LogP contribution is -2.44. The fourth-order valence-corrected chi connectivity index (χ4v) is 6.56. The molecular formula is C22H28N+. The Balaban J connectivity index is 1.63. The molecule has 4 bridgehead atoms. The van der Waals surface area contributed by atoms with Gasteiger partial charge in [-0.25, -0.2) is 0 Å². The van der Waals surface area contributed by atoms with Crippen molar-refractivity contribution in [1.82, 2.24) is 4.48 Å². The summed E-state index contributed by atoms with van der Waals surface area (Å²) in [7, 11) is 6.81. The summed E-state index contributed by atoms with van der Waals surface area (Å²) in [4.78, 5) is 0. The monoisotopic (exact) mass is 306 g/mol. The molecular weight excluding hydrogens is 278 g/mol. The summed E-state index contributed by atoms with van der Waals surface area (Å²) in [6.45, 7) is 8.85. The van der Waals surface area contributed by atoms with Gasteiger partial charge in [0.15, 0.2) is 0 Å². The second-order valence-corrected chi connectivity index (χ2v) is 9.27. The van der Waals surface area contributed by atoms with E-state index in [-0.39, 0.29) is 0 Å². The summed E-state index contributed by atoms with van der Waals surface area (Å²) in [6, 6.07) is 7.34. The quantitative estimate of drug-likeness (QED) is 0.650. The van der Waals surface area contributed by atoms with Crippen molar-refractivity contribution in [3.8, 4) is 0 Å². The Morgan fingerprint density at radius 2 is 1.39 bits per heavy atom. The highest BCUT2D eigenvalue weighted by molar-refractivity contribution is 5.55. The molecule has 5 aliphatic rings. The van der Waals surface area contributed by atoms with Crippen LogP contribution in [0.15, 0.2) is 42.5 Å². The Morgan fingerprint density at radius 1 is 0.826 bits per heavy atom. The zero-order chi connectivity index (χ0) is 16.1. The largest absolute Gasteiger partial charge is 0.298 e. The van der Waals surface area contributed by atoms with Crippen LogP contribution in [0, 0.1) is 23.7 Å². The van der Waals surface area contributed by atoms with Gasteiger partial charge in [0.2, 0.25) is 0 Å². The highest BCUT2D eigenvalue weighted by Crippen LogP contribution is 2.71. The van der Waals surface area contributed by atoms with Crippen LogP contribution >= 0.6 is 0 Å². The van der Waals surface area contributed by atoms with Gasteiger partial charge >= 0.3 is 0 Å². The van der Waals surface area contributed by atoms with Gasteiger partial charge in [-0.15, -0.1) is 0 Å². The van der Waals surface area contributed by atoms with E-state index in [4.69, 9.17) is 0 Å². The zero-order valence-corrected chi connectivity index (χ0v) is 14.7. The predicted molar refractivity (Wildman–Crippen MR) is 97.6 cm³/mol. The Labute approximate surface area is 140 Å². The zero-order valence-electron chi connectivity index (χ0n) is 14.7. The third-order valence-corrected chi connectivity index (χ3v) is 7.55. The minimum absolute atomic E-state index is 0.716. The fraction of sp³-hybridized carbons (Fsp3) is 0.545. The van der Waals surface area contributed by atoms with Gasteiger partial charge in [-0.1, -0.05) is 19.2 Å². The molecule has 0 unspecified atom stereocenters. The molecule has 6 atom stereocenters. The molecule has 0 aliphatic heterocycles. The van der Waals surface area contributed by atoms with Gasteiger partial charge in [-0.2, -0.15) is 0 Å². The molecule has 0 N–H and O–H groups in total. The molecule has 0 heterocycles.